The van der Waals surface area contributed by atoms with Gasteiger partial charge in [0.05, 0.1) is 29.1 Å². The summed E-state index contributed by atoms with van der Waals surface area (Å²) >= 11 is 24.0. The summed E-state index contributed by atoms with van der Waals surface area (Å²) in [7, 11) is 0. The van der Waals surface area contributed by atoms with Gasteiger partial charge in [0.1, 0.15) is 12.4 Å². The average molecular weight is 860 g/mol. The van der Waals surface area contributed by atoms with Crippen molar-refractivity contribution in [3.63, 3.8) is 0 Å². The fourth-order valence-corrected chi connectivity index (χ4v) is 7.03. The largest absolute Gasteiger partial charge is 0.487 e. The number of thiazole rings is 1. The number of rotatable bonds is 9. The summed E-state index contributed by atoms with van der Waals surface area (Å²) in [5.41, 5.74) is 7.44. The highest BCUT2D eigenvalue weighted by Gasteiger charge is 2.11. The number of amides is 1. The van der Waals surface area contributed by atoms with E-state index in [4.69, 9.17) is 39.5 Å². The van der Waals surface area contributed by atoms with Gasteiger partial charge in [-0.25, -0.2) is 10.4 Å². The summed E-state index contributed by atoms with van der Waals surface area (Å²) in [6.07, 6.45) is 1.60. The van der Waals surface area contributed by atoms with Crippen molar-refractivity contribution in [2.24, 2.45) is 5.10 Å². The lowest BCUT2D eigenvalue weighted by Crippen LogP contribution is -2.17. The number of aromatic nitrogens is 1. The number of halogens is 5. The minimum atomic E-state index is -0.313. The fourth-order valence-electron chi connectivity index (χ4n) is 3.72. The van der Waals surface area contributed by atoms with Crippen LogP contribution >= 0.6 is 91.3 Å². The lowest BCUT2D eigenvalue weighted by molar-refractivity contribution is 0.0955. The van der Waals surface area contributed by atoms with Crippen LogP contribution in [0, 0.1) is 7.14 Å². The molecule has 5 aromatic rings. The van der Waals surface area contributed by atoms with Gasteiger partial charge in [0.25, 0.3) is 5.91 Å². The zero-order valence-corrected chi connectivity index (χ0v) is 28.8. The normalized spacial score (nSPS) is 11.1. The molecule has 1 aromatic heterocycles. The second-order valence-corrected chi connectivity index (χ2v) is 13.2. The Morgan fingerprint density at radius 2 is 1.64 bits per heavy atom. The highest BCUT2D eigenvalue weighted by Crippen LogP contribution is 2.31. The molecule has 42 heavy (non-hydrogen) atoms. The first-order chi connectivity index (χ1) is 20.2. The van der Waals surface area contributed by atoms with Gasteiger partial charge in [-0.15, -0.1) is 11.3 Å². The Bertz CT molecular complexity index is 1740. The first-order valence-electron chi connectivity index (χ1n) is 12.2. The summed E-state index contributed by atoms with van der Waals surface area (Å²) in [5.74, 6) is 0.448. The van der Waals surface area contributed by atoms with Gasteiger partial charge in [-0.05, 0) is 117 Å². The third-order valence-electron chi connectivity index (χ3n) is 5.81. The standard InChI is InChI=1S/C30H19Cl3I2N4O2S/c31-21-6-8-22(9-7-21)37-30-38-27(16-42-30)19-2-4-20(5-3-19)29(40)39-36-14-18-12-25(34)28(26(35)13-18)41-15-17-1-10-23(32)24(33)11-17/h1-14,16H,15H2,(H,37,38)(H,39,40)/b36-14-. The number of hydrazone groups is 1. The van der Waals surface area contributed by atoms with Crippen LogP contribution in [0.15, 0.2) is 89.3 Å². The molecule has 4 aromatic carbocycles. The monoisotopic (exact) mass is 858 g/mol. The van der Waals surface area contributed by atoms with Crippen LogP contribution in [0.5, 0.6) is 5.75 Å². The van der Waals surface area contributed by atoms with E-state index in [-0.39, 0.29) is 5.91 Å². The van der Waals surface area contributed by atoms with E-state index in [2.05, 4.69) is 66.0 Å². The van der Waals surface area contributed by atoms with Crippen LogP contribution in [-0.4, -0.2) is 17.1 Å². The van der Waals surface area contributed by atoms with Gasteiger partial charge in [0.2, 0.25) is 0 Å². The summed E-state index contributed by atoms with van der Waals surface area (Å²) in [4.78, 5) is 17.3. The second kappa shape index (κ2) is 14.4. The Morgan fingerprint density at radius 3 is 2.33 bits per heavy atom. The maximum atomic E-state index is 12.7. The van der Waals surface area contributed by atoms with Crippen molar-refractivity contribution < 1.29 is 9.53 Å². The molecule has 0 aliphatic heterocycles. The van der Waals surface area contributed by atoms with E-state index in [1.807, 2.05) is 60.0 Å². The molecule has 0 saturated heterocycles. The van der Waals surface area contributed by atoms with Gasteiger partial charge in [0, 0.05) is 27.2 Å². The van der Waals surface area contributed by atoms with Gasteiger partial charge < -0.3 is 10.1 Å². The maximum absolute atomic E-state index is 12.7. The van der Waals surface area contributed by atoms with Gasteiger partial charge >= 0.3 is 0 Å². The summed E-state index contributed by atoms with van der Waals surface area (Å²) in [6, 6.07) is 23.9. The fraction of sp³-hybridized carbons (Fsp3) is 0.0333. The number of nitrogens with zero attached hydrogens (tertiary/aromatic N) is 2. The van der Waals surface area contributed by atoms with E-state index in [0.717, 1.165) is 46.1 Å². The van der Waals surface area contributed by atoms with E-state index in [1.165, 1.54) is 11.3 Å². The topological polar surface area (TPSA) is 75.6 Å². The molecule has 1 heterocycles. The van der Waals surface area contributed by atoms with Crippen molar-refractivity contribution in [3.05, 3.63) is 123 Å². The van der Waals surface area contributed by atoms with E-state index in [9.17, 15) is 4.79 Å². The Balaban J connectivity index is 1.16. The minimum Gasteiger partial charge on any atom is -0.487 e. The molecular formula is C30H19Cl3I2N4O2S. The molecule has 212 valence electrons. The molecule has 12 heteroatoms. The van der Waals surface area contributed by atoms with Crippen LogP contribution in [-0.2, 0) is 6.61 Å². The van der Waals surface area contributed by atoms with Crippen molar-refractivity contribution in [1.29, 1.82) is 0 Å². The zero-order chi connectivity index (χ0) is 29.6. The van der Waals surface area contributed by atoms with Crippen LogP contribution in [0.2, 0.25) is 15.1 Å². The molecule has 6 nitrogen and oxygen atoms in total. The number of benzene rings is 4. The molecule has 0 aliphatic rings. The van der Waals surface area contributed by atoms with E-state index in [1.54, 1.807) is 30.5 Å². The molecule has 0 radical (unpaired) electrons. The summed E-state index contributed by atoms with van der Waals surface area (Å²) < 4.78 is 7.86. The molecule has 5 rings (SSSR count). The summed E-state index contributed by atoms with van der Waals surface area (Å²) in [6.45, 7) is 0.356. The molecule has 2 N–H and O–H groups in total. The van der Waals surface area contributed by atoms with Crippen LogP contribution < -0.4 is 15.5 Å². The smallest absolute Gasteiger partial charge is 0.271 e. The number of hydrogen-bond acceptors (Lipinski definition) is 6. The lowest BCUT2D eigenvalue weighted by atomic mass is 10.1. The van der Waals surface area contributed by atoms with Crippen molar-refractivity contribution in [3.8, 4) is 17.0 Å². The minimum absolute atomic E-state index is 0.313. The number of ether oxygens (including phenoxy) is 1. The molecule has 0 unspecified atom stereocenters. The average Bonchev–Trinajstić information content (AvgIpc) is 3.44. The number of anilines is 2. The predicted octanol–water partition coefficient (Wildman–Crippen LogP) is 10.1. The van der Waals surface area contributed by atoms with Crippen molar-refractivity contribution in [2.75, 3.05) is 5.32 Å². The molecular weight excluding hydrogens is 841 g/mol. The third kappa shape index (κ3) is 8.14. The third-order valence-corrected chi connectivity index (χ3v) is 9.16. The van der Waals surface area contributed by atoms with Crippen molar-refractivity contribution in [2.45, 2.75) is 6.61 Å². The number of hydrogen-bond donors (Lipinski definition) is 2. The van der Waals surface area contributed by atoms with E-state index >= 15 is 0 Å². The SMILES string of the molecule is O=C(N/N=C\c1cc(I)c(OCc2ccc(Cl)c(Cl)c2)c(I)c1)c1ccc(-c2csc(Nc3ccc(Cl)cc3)n2)cc1. The van der Waals surface area contributed by atoms with Gasteiger partial charge in [-0.2, -0.15) is 5.10 Å². The van der Waals surface area contributed by atoms with Crippen LogP contribution in [0.4, 0.5) is 10.8 Å². The highest BCUT2D eigenvalue weighted by atomic mass is 127. The van der Waals surface area contributed by atoms with Crippen LogP contribution in [0.25, 0.3) is 11.3 Å². The van der Waals surface area contributed by atoms with Gasteiger partial charge in [-0.3, -0.25) is 4.79 Å². The number of nitrogens with one attached hydrogen (secondary N) is 2. The second-order valence-electron chi connectivity index (χ2n) is 8.80. The van der Waals surface area contributed by atoms with Crippen molar-refractivity contribution >= 4 is 114 Å². The van der Waals surface area contributed by atoms with Crippen LogP contribution in [0.3, 0.4) is 0 Å². The molecule has 0 saturated carbocycles. The zero-order valence-electron chi connectivity index (χ0n) is 21.4. The highest BCUT2D eigenvalue weighted by molar-refractivity contribution is 14.1. The van der Waals surface area contributed by atoms with Gasteiger partial charge in [-0.1, -0.05) is 53.0 Å². The lowest BCUT2D eigenvalue weighted by Gasteiger charge is -2.12. The molecule has 0 fully saturated rings. The first kappa shape index (κ1) is 31.0. The molecule has 0 aliphatic carbocycles. The summed E-state index contributed by atoms with van der Waals surface area (Å²) in [5, 5.41) is 11.8. The predicted molar refractivity (Wildman–Crippen MR) is 190 cm³/mol. The molecule has 0 bridgehead atoms. The molecule has 1 amide bonds. The molecule has 0 atom stereocenters. The maximum Gasteiger partial charge on any atom is 0.271 e. The Labute approximate surface area is 288 Å². The molecule has 0 spiro atoms. The van der Waals surface area contributed by atoms with Gasteiger partial charge in [0.15, 0.2) is 5.13 Å². The quantitative estimate of drug-likeness (QED) is 0.0880. The van der Waals surface area contributed by atoms with Crippen molar-refractivity contribution in [1.82, 2.24) is 10.4 Å². The number of carbonyl (C=O) groups is 1. The van der Waals surface area contributed by atoms with E-state index in [0.29, 0.717) is 27.2 Å². The Morgan fingerprint density at radius 1 is 0.929 bits per heavy atom. The Kier molecular flexibility index (Phi) is 10.6. The Hall–Kier alpha value is -2.42. The van der Waals surface area contributed by atoms with Crippen LogP contribution in [0.1, 0.15) is 21.5 Å². The van der Waals surface area contributed by atoms with E-state index < -0.39 is 0 Å². The number of carbonyl (C=O) groups excluding carboxylic acids is 1. The first-order valence-corrected chi connectivity index (χ1v) is 16.4.